The fourth-order valence-electron chi connectivity index (χ4n) is 4.61. The van der Waals surface area contributed by atoms with E-state index in [4.69, 9.17) is 4.42 Å². The van der Waals surface area contributed by atoms with Crippen LogP contribution in [0.5, 0.6) is 0 Å². The molecule has 16 heteroatoms. The van der Waals surface area contributed by atoms with Gasteiger partial charge in [-0.3, -0.25) is 24.2 Å². The van der Waals surface area contributed by atoms with Crippen LogP contribution in [0.1, 0.15) is 23.1 Å². The number of aromatic nitrogens is 2. The minimum absolute atomic E-state index is 0. The van der Waals surface area contributed by atoms with Gasteiger partial charge in [-0.05, 0) is 22.8 Å². The van der Waals surface area contributed by atoms with Crippen LogP contribution < -0.4 is 45.3 Å². The van der Waals surface area contributed by atoms with Gasteiger partial charge in [0, 0.05) is 31.6 Å². The topological polar surface area (TPSA) is 178 Å². The smallest absolute Gasteiger partial charge is 0.543 e. The number of β-lactam (4-membered cyclic amide) rings is 1. The van der Waals surface area contributed by atoms with E-state index in [9.17, 15) is 29.1 Å². The third kappa shape index (κ3) is 7.90. The van der Waals surface area contributed by atoms with Crippen molar-refractivity contribution in [3.63, 3.8) is 0 Å². The van der Waals surface area contributed by atoms with E-state index in [0.717, 1.165) is 27.1 Å². The molecule has 1 saturated heterocycles. The van der Waals surface area contributed by atoms with Crippen LogP contribution in [-0.2, 0) is 19.2 Å². The molecule has 232 valence electrons. The summed E-state index contributed by atoms with van der Waals surface area (Å²) in [7, 11) is 1.28. The number of carboxylic acids is 1. The van der Waals surface area contributed by atoms with Gasteiger partial charge in [0.05, 0.1) is 11.7 Å². The second-order valence-electron chi connectivity index (χ2n) is 9.95. The molecule has 0 bridgehead atoms. The molecule has 0 spiro atoms. The molecule has 2 aromatic carbocycles. The normalized spacial score (nSPS) is 17.8. The maximum absolute atomic E-state index is 13.6. The minimum atomic E-state index is -1.51. The van der Waals surface area contributed by atoms with Gasteiger partial charge in [-0.2, -0.15) is 0 Å². The summed E-state index contributed by atoms with van der Waals surface area (Å²) in [6, 6.07) is 14.3. The molecular weight excluding hydrogens is 643 g/mol. The van der Waals surface area contributed by atoms with Crippen LogP contribution in [-0.4, -0.2) is 79.7 Å². The third-order valence-electron chi connectivity index (χ3n) is 6.93. The van der Waals surface area contributed by atoms with E-state index in [-0.39, 0.29) is 52.0 Å². The number of aryl methyl sites for hydroxylation is 1. The van der Waals surface area contributed by atoms with Crippen molar-refractivity contribution < 1.29 is 63.1 Å². The fourth-order valence-corrected chi connectivity index (χ4v) is 6.90. The zero-order valence-electron chi connectivity index (χ0n) is 25.0. The summed E-state index contributed by atoms with van der Waals surface area (Å²) < 4.78 is 5.32. The van der Waals surface area contributed by atoms with Crippen LogP contribution in [0, 0.1) is 6.92 Å². The number of imide groups is 1. The molecule has 2 aliphatic heterocycles. The van der Waals surface area contributed by atoms with Gasteiger partial charge in [0.2, 0.25) is 11.8 Å². The van der Waals surface area contributed by atoms with Crippen molar-refractivity contribution in [2.24, 2.45) is 0 Å². The molecule has 0 radical (unpaired) electrons. The van der Waals surface area contributed by atoms with E-state index < -0.39 is 47.2 Å². The summed E-state index contributed by atoms with van der Waals surface area (Å²) in [5, 5.41) is 24.5. The molecule has 3 aromatic rings. The number of likely N-dealkylation sites (N-methyl/N-ethyl adjacent to an activating group) is 1. The number of carbonyl (C=O) groups excluding carboxylic acids is 5. The Balaban J connectivity index is 0.00000480. The predicted molar refractivity (Wildman–Crippen MR) is 163 cm³/mol. The number of thioether (sulfide) groups is 2. The largest absolute Gasteiger partial charge is 1.00 e. The first kappa shape index (κ1) is 35.0. The van der Waals surface area contributed by atoms with Crippen LogP contribution in [0.4, 0.5) is 4.79 Å². The Labute approximate surface area is 294 Å². The number of hydrogen-bond donors (Lipinski definition) is 2. The molecule has 5 amide bonds. The number of fused-ring (bicyclic) bond motifs is 1. The third-order valence-corrected chi connectivity index (χ3v) is 9.18. The van der Waals surface area contributed by atoms with Crippen molar-refractivity contribution >= 4 is 59.3 Å². The van der Waals surface area contributed by atoms with E-state index in [2.05, 4.69) is 20.8 Å². The number of nitrogens with zero attached hydrogens (tertiary/aromatic N) is 4. The quantitative estimate of drug-likeness (QED) is 0.111. The van der Waals surface area contributed by atoms with Crippen LogP contribution >= 0.6 is 23.5 Å². The van der Waals surface area contributed by atoms with Gasteiger partial charge in [-0.25, -0.2) is 4.79 Å². The summed E-state index contributed by atoms with van der Waals surface area (Å²) >= 11 is 2.42. The summed E-state index contributed by atoms with van der Waals surface area (Å²) in [6.07, 6.45) is 2.81. The van der Waals surface area contributed by atoms with Crippen LogP contribution in [0.15, 0.2) is 87.6 Å². The SMILES string of the molecule is Cc1nnc(SCC2=C(C(=O)[O-])N3C(=O)C(NC(=O)[C@H](NC(=O)N(C)C(=O)C=Cc4ccccc4)c4ccccc4)[C@H]3SC2)o1.[Na+]. The van der Waals surface area contributed by atoms with Gasteiger partial charge in [-0.1, -0.05) is 72.4 Å². The standard InChI is InChI=1S/C30H28N6O7S2.Na/c1-17-33-34-30(43-17)45-16-20-15-44-27-23(26(39)36(27)24(20)28(40)41)31-25(38)22(19-11-7-4-8-12-19)32-29(42)35(2)21(37)14-13-18-9-5-3-6-10-18;/h3-14,22-23,27H,15-16H2,1-2H3,(H,31,38)(H,32,42)(H,40,41);/q;+1/p-1/t22-,23?,27-;/m1./s1. The Morgan fingerprint density at radius 1 is 1.13 bits per heavy atom. The first-order valence-electron chi connectivity index (χ1n) is 13.6. The summed E-state index contributed by atoms with van der Waals surface area (Å²) in [5.41, 5.74) is 1.37. The Bertz CT molecular complexity index is 1680. The van der Waals surface area contributed by atoms with Crippen LogP contribution in [0.2, 0.25) is 0 Å². The number of aliphatic carboxylic acids is 1. The Hall–Kier alpha value is -3.89. The molecule has 0 aliphatic carbocycles. The molecule has 0 saturated carbocycles. The average Bonchev–Trinajstić information content (AvgIpc) is 3.48. The van der Waals surface area contributed by atoms with Crippen molar-refractivity contribution in [2.45, 2.75) is 29.6 Å². The van der Waals surface area contributed by atoms with Gasteiger partial charge < -0.3 is 25.0 Å². The van der Waals surface area contributed by atoms with Crippen LogP contribution in [0.25, 0.3) is 6.08 Å². The maximum Gasteiger partial charge on any atom is 1.00 e. The summed E-state index contributed by atoms with van der Waals surface area (Å²) in [6.45, 7) is 1.63. The molecule has 3 heterocycles. The van der Waals surface area contributed by atoms with Gasteiger partial charge in [0.1, 0.15) is 17.5 Å². The minimum Gasteiger partial charge on any atom is -0.543 e. The van der Waals surface area contributed by atoms with E-state index in [1.807, 2.05) is 18.2 Å². The zero-order valence-corrected chi connectivity index (χ0v) is 28.7. The number of urea groups is 1. The van der Waals surface area contributed by atoms with Crippen molar-refractivity contribution in [3.05, 3.63) is 95.0 Å². The molecule has 5 rings (SSSR count). The number of hydrogen-bond acceptors (Lipinski definition) is 11. The second-order valence-corrected chi connectivity index (χ2v) is 12.0. The maximum atomic E-state index is 13.6. The van der Waals surface area contributed by atoms with Gasteiger partial charge in [-0.15, -0.1) is 22.0 Å². The molecule has 2 N–H and O–H groups in total. The number of rotatable bonds is 10. The second kappa shape index (κ2) is 15.6. The van der Waals surface area contributed by atoms with Crippen molar-refractivity contribution in [3.8, 4) is 0 Å². The number of benzene rings is 2. The van der Waals surface area contributed by atoms with Crippen LogP contribution in [0.3, 0.4) is 0 Å². The van der Waals surface area contributed by atoms with E-state index >= 15 is 0 Å². The molecule has 2 aliphatic rings. The van der Waals surface area contributed by atoms with E-state index in [1.54, 1.807) is 55.5 Å². The molecule has 1 fully saturated rings. The molecule has 1 unspecified atom stereocenters. The zero-order chi connectivity index (χ0) is 32.1. The average molecular weight is 671 g/mol. The molecule has 1 aromatic heterocycles. The van der Waals surface area contributed by atoms with Gasteiger partial charge in [0.25, 0.3) is 17.0 Å². The molecule has 46 heavy (non-hydrogen) atoms. The van der Waals surface area contributed by atoms with Crippen molar-refractivity contribution in [2.75, 3.05) is 18.6 Å². The molecule has 3 atom stereocenters. The van der Waals surface area contributed by atoms with Crippen molar-refractivity contribution in [1.29, 1.82) is 0 Å². The fraction of sp³-hybridized carbons (Fsp3) is 0.233. The first-order valence-corrected chi connectivity index (χ1v) is 15.6. The van der Waals surface area contributed by atoms with E-state index in [1.165, 1.54) is 24.9 Å². The number of amides is 5. The number of carbonyl (C=O) groups is 5. The molecule has 13 nitrogen and oxygen atoms in total. The number of nitrogens with one attached hydrogen (secondary N) is 2. The number of carboxylic acid groups (broad SMARTS) is 1. The monoisotopic (exact) mass is 670 g/mol. The summed E-state index contributed by atoms with van der Waals surface area (Å²) in [5.74, 6) is -2.67. The van der Waals surface area contributed by atoms with Gasteiger partial charge in [0.15, 0.2) is 0 Å². The van der Waals surface area contributed by atoms with E-state index in [0.29, 0.717) is 17.0 Å². The first-order chi connectivity index (χ1) is 21.6. The molecular formula is C30H27N6NaO7S2. The Kier molecular flexibility index (Phi) is 11.9. The predicted octanol–water partition coefficient (Wildman–Crippen LogP) is -1.50. The summed E-state index contributed by atoms with van der Waals surface area (Å²) in [4.78, 5) is 66.6. The Morgan fingerprint density at radius 2 is 1.80 bits per heavy atom. The Morgan fingerprint density at radius 3 is 2.43 bits per heavy atom. The van der Waals surface area contributed by atoms with Gasteiger partial charge >= 0.3 is 35.6 Å². The van der Waals surface area contributed by atoms with Crippen molar-refractivity contribution in [1.82, 2.24) is 30.6 Å².